The van der Waals surface area contributed by atoms with Crippen LogP contribution in [0.4, 0.5) is 10.3 Å². The largest absolute Gasteiger partial charge is 0.324 e. The lowest BCUT2D eigenvalue weighted by atomic mass is 10.1. The minimum atomic E-state index is -0.874. The Bertz CT molecular complexity index is 1180. The molecule has 4 rings (SSSR count). The Hall–Kier alpha value is -3.81. The minimum absolute atomic E-state index is 0.292. The second kappa shape index (κ2) is 7.07. The molecular formula is C20H16FN5O2. The van der Waals surface area contributed by atoms with Crippen molar-refractivity contribution in [1.82, 2.24) is 19.7 Å². The van der Waals surface area contributed by atoms with E-state index >= 15 is 0 Å². The average molecular weight is 377 g/mol. The number of H-pyrrole nitrogens is 1. The lowest BCUT2D eigenvalue weighted by Crippen LogP contribution is -2.33. The molecule has 0 fully saturated rings. The molecule has 0 aliphatic heterocycles. The van der Waals surface area contributed by atoms with Crippen LogP contribution in [0.15, 0.2) is 65.5 Å². The molecule has 2 aromatic heterocycles. The first-order valence-electron chi connectivity index (χ1n) is 8.63. The van der Waals surface area contributed by atoms with Gasteiger partial charge in [-0.15, -0.1) is 0 Å². The molecule has 0 aliphatic rings. The number of para-hydroxylation sites is 2. The van der Waals surface area contributed by atoms with Gasteiger partial charge in [0.25, 0.3) is 11.5 Å². The molecule has 0 bridgehead atoms. The van der Waals surface area contributed by atoms with Gasteiger partial charge in [0, 0.05) is 11.6 Å². The SMILES string of the molecule is CC(C(=O)Nc1nc2ccccc2[nH]1)n1nc(-c2ccc(F)cc2)ccc1=O. The number of aromatic amines is 1. The zero-order valence-corrected chi connectivity index (χ0v) is 14.9. The Kier molecular flexibility index (Phi) is 4.44. The molecule has 7 nitrogen and oxygen atoms in total. The van der Waals surface area contributed by atoms with Gasteiger partial charge in [-0.2, -0.15) is 5.10 Å². The number of benzene rings is 2. The fraction of sp³-hybridized carbons (Fsp3) is 0.100. The van der Waals surface area contributed by atoms with Crippen LogP contribution in [0.25, 0.3) is 22.3 Å². The smallest absolute Gasteiger partial charge is 0.267 e. The molecule has 1 amide bonds. The van der Waals surface area contributed by atoms with E-state index in [1.54, 1.807) is 19.1 Å². The number of nitrogens with one attached hydrogen (secondary N) is 2. The van der Waals surface area contributed by atoms with Crippen LogP contribution in [0.5, 0.6) is 0 Å². The third-order valence-corrected chi connectivity index (χ3v) is 4.34. The van der Waals surface area contributed by atoms with E-state index in [2.05, 4.69) is 20.4 Å². The molecular weight excluding hydrogens is 361 g/mol. The van der Waals surface area contributed by atoms with Gasteiger partial charge in [0.15, 0.2) is 0 Å². The summed E-state index contributed by atoms with van der Waals surface area (Å²) in [5.74, 6) is -0.513. The molecule has 140 valence electrons. The number of carbonyl (C=O) groups is 1. The van der Waals surface area contributed by atoms with E-state index in [1.165, 1.54) is 24.3 Å². The first kappa shape index (κ1) is 17.6. The maximum atomic E-state index is 13.1. The summed E-state index contributed by atoms with van der Waals surface area (Å²) in [6.07, 6.45) is 0. The van der Waals surface area contributed by atoms with Crippen molar-refractivity contribution in [3.63, 3.8) is 0 Å². The highest BCUT2D eigenvalue weighted by atomic mass is 19.1. The van der Waals surface area contributed by atoms with Crippen molar-refractivity contribution in [1.29, 1.82) is 0 Å². The van der Waals surface area contributed by atoms with Crippen LogP contribution in [0.1, 0.15) is 13.0 Å². The molecule has 0 spiro atoms. The quantitative estimate of drug-likeness (QED) is 0.571. The molecule has 0 saturated carbocycles. The summed E-state index contributed by atoms with van der Waals surface area (Å²) in [6, 6.07) is 15.1. The molecule has 2 heterocycles. The summed E-state index contributed by atoms with van der Waals surface area (Å²) in [7, 11) is 0. The number of nitrogens with zero attached hydrogens (tertiary/aromatic N) is 3. The van der Waals surface area contributed by atoms with Crippen LogP contribution in [0.3, 0.4) is 0 Å². The molecule has 1 atom stereocenters. The first-order chi connectivity index (χ1) is 13.5. The van der Waals surface area contributed by atoms with Crippen LogP contribution in [0.2, 0.25) is 0 Å². The number of amides is 1. The first-order valence-corrected chi connectivity index (χ1v) is 8.63. The average Bonchev–Trinajstić information content (AvgIpc) is 3.10. The van der Waals surface area contributed by atoms with Gasteiger partial charge in [-0.05, 0) is 49.4 Å². The lowest BCUT2D eigenvalue weighted by molar-refractivity contribution is -0.119. The van der Waals surface area contributed by atoms with Crippen molar-refractivity contribution < 1.29 is 9.18 Å². The normalized spacial score (nSPS) is 12.1. The molecule has 4 aromatic rings. The Morgan fingerprint density at radius 2 is 1.86 bits per heavy atom. The summed E-state index contributed by atoms with van der Waals surface area (Å²) in [6.45, 7) is 1.57. The highest BCUT2D eigenvalue weighted by Gasteiger charge is 2.19. The number of hydrogen-bond donors (Lipinski definition) is 2. The monoisotopic (exact) mass is 377 g/mol. The van der Waals surface area contributed by atoms with E-state index in [9.17, 15) is 14.0 Å². The van der Waals surface area contributed by atoms with Gasteiger partial charge in [-0.1, -0.05) is 12.1 Å². The molecule has 0 radical (unpaired) electrons. The summed E-state index contributed by atoms with van der Waals surface area (Å²) >= 11 is 0. The predicted octanol–water partition coefficient (Wildman–Crippen LogP) is 3.13. The van der Waals surface area contributed by atoms with Crippen LogP contribution in [-0.2, 0) is 4.79 Å². The van der Waals surface area contributed by atoms with Gasteiger partial charge in [0.05, 0.1) is 16.7 Å². The number of anilines is 1. The highest BCUT2D eigenvalue weighted by Crippen LogP contribution is 2.18. The Labute approximate surface area is 158 Å². The van der Waals surface area contributed by atoms with E-state index in [1.807, 2.05) is 24.3 Å². The van der Waals surface area contributed by atoms with E-state index in [4.69, 9.17) is 0 Å². The molecule has 2 N–H and O–H groups in total. The van der Waals surface area contributed by atoms with Crippen molar-refractivity contribution in [2.75, 3.05) is 5.32 Å². The fourth-order valence-electron chi connectivity index (χ4n) is 2.82. The van der Waals surface area contributed by atoms with Crippen LogP contribution < -0.4 is 10.9 Å². The molecule has 0 saturated heterocycles. The van der Waals surface area contributed by atoms with Gasteiger partial charge in [-0.3, -0.25) is 14.9 Å². The number of halogens is 1. The van der Waals surface area contributed by atoms with Gasteiger partial charge in [0.1, 0.15) is 11.9 Å². The van der Waals surface area contributed by atoms with Gasteiger partial charge >= 0.3 is 0 Å². The predicted molar refractivity (Wildman–Crippen MR) is 103 cm³/mol. The second-order valence-corrected chi connectivity index (χ2v) is 6.28. The Morgan fingerprint density at radius 3 is 2.61 bits per heavy atom. The van der Waals surface area contributed by atoms with Gasteiger partial charge in [-0.25, -0.2) is 14.1 Å². The minimum Gasteiger partial charge on any atom is -0.324 e. The van der Waals surface area contributed by atoms with E-state index in [0.29, 0.717) is 17.2 Å². The van der Waals surface area contributed by atoms with Crippen LogP contribution >= 0.6 is 0 Å². The molecule has 2 aromatic carbocycles. The lowest BCUT2D eigenvalue weighted by Gasteiger charge is -2.14. The zero-order chi connectivity index (χ0) is 19.7. The second-order valence-electron chi connectivity index (χ2n) is 6.28. The van der Waals surface area contributed by atoms with E-state index in [0.717, 1.165) is 15.7 Å². The topological polar surface area (TPSA) is 92.7 Å². The van der Waals surface area contributed by atoms with Crippen LogP contribution in [-0.4, -0.2) is 25.7 Å². The molecule has 8 heteroatoms. The molecule has 28 heavy (non-hydrogen) atoms. The number of aromatic nitrogens is 4. The summed E-state index contributed by atoms with van der Waals surface area (Å²) in [5, 5.41) is 6.94. The van der Waals surface area contributed by atoms with Crippen molar-refractivity contribution in [3.8, 4) is 11.3 Å². The summed E-state index contributed by atoms with van der Waals surface area (Å²) in [5.41, 5.74) is 2.19. The van der Waals surface area contributed by atoms with Crippen LogP contribution in [0, 0.1) is 5.82 Å². The standard InChI is InChI=1S/C20H16FN5O2/c1-12(19(28)24-20-22-16-4-2-3-5-17(16)23-20)26-18(27)11-10-15(25-26)13-6-8-14(21)9-7-13/h2-12H,1H3,(H2,22,23,24,28). The number of rotatable bonds is 4. The number of hydrogen-bond acceptors (Lipinski definition) is 4. The Balaban J connectivity index is 1.60. The number of fused-ring (bicyclic) bond motifs is 1. The van der Waals surface area contributed by atoms with Crippen molar-refractivity contribution in [2.45, 2.75) is 13.0 Å². The van der Waals surface area contributed by atoms with Gasteiger partial charge < -0.3 is 4.98 Å². The fourth-order valence-corrected chi connectivity index (χ4v) is 2.82. The maximum Gasteiger partial charge on any atom is 0.267 e. The van der Waals surface area contributed by atoms with Crippen molar-refractivity contribution in [2.24, 2.45) is 0 Å². The number of carbonyl (C=O) groups excluding carboxylic acids is 1. The van der Waals surface area contributed by atoms with E-state index < -0.39 is 17.5 Å². The zero-order valence-electron chi connectivity index (χ0n) is 14.9. The van der Waals surface area contributed by atoms with Crippen molar-refractivity contribution in [3.05, 3.63) is 76.8 Å². The summed E-state index contributed by atoms with van der Waals surface area (Å²) < 4.78 is 14.2. The molecule has 1 unspecified atom stereocenters. The summed E-state index contributed by atoms with van der Waals surface area (Å²) in [4.78, 5) is 32.1. The molecule has 0 aliphatic carbocycles. The highest BCUT2D eigenvalue weighted by molar-refractivity contribution is 5.93. The number of imidazole rings is 1. The van der Waals surface area contributed by atoms with Crippen molar-refractivity contribution >= 4 is 22.9 Å². The maximum absolute atomic E-state index is 13.1. The third kappa shape index (κ3) is 3.39. The van der Waals surface area contributed by atoms with E-state index in [-0.39, 0.29) is 5.82 Å². The third-order valence-electron chi connectivity index (χ3n) is 4.34. The Morgan fingerprint density at radius 1 is 1.11 bits per heavy atom. The van der Waals surface area contributed by atoms with Gasteiger partial charge in [0.2, 0.25) is 5.95 Å².